The molecule has 0 saturated carbocycles. The van der Waals surface area contributed by atoms with Crippen molar-refractivity contribution in [2.75, 3.05) is 6.61 Å². The number of hydrogen-bond donors (Lipinski definition) is 0. The van der Waals surface area contributed by atoms with Crippen LogP contribution in [0.15, 0.2) is 41.4 Å². The molecule has 0 atom stereocenters. The average Bonchev–Trinajstić information content (AvgIpc) is 2.99. The molecular weight excluding hydrogens is 407 g/mol. The monoisotopic (exact) mass is 422 g/mol. The largest absolute Gasteiger partial charge is 0.462 e. The van der Waals surface area contributed by atoms with Crippen LogP contribution < -0.4 is 4.80 Å². The first-order chi connectivity index (χ1) is 12.9. The zero-order chi connectivity index (χ0) is 19.6. The smallest absolute Gasteiger partial charge is 0.338 e. The lowest BCUT2D eigenvalue weighted by Crippen LogP contribution is -2.16. The van der Waals surface area contributed by atoms with Crippen LogP contribution in [-0.2, 0) is 11.3 Å². The second-order valence-corrected chi connectivity index (χ2v) is 7.43. The van der Waals surface area contributed by atoms with E-state index in [2.05, 4.69) is 4.99 Å². The molecule has 0 aliphatic heterocycles. The van der Waals surface area contributed by atoms with Gasteiger partial charge in [-0.25, -0.2) is 4.79 Å². The maximum absolute atomic E-state index is 12.6. The Morgan fingerprint density at radius 3 is 2.63 bits per heavy atom. The molecule has 1 amide bonds. The number of hydrogen-bond acceptors (Lipinski definition) is 4. The van der Waals surface area contributed by atoms with Gasteiger partial charge in [0.25, 0.3) is 5.91 Å². The number of aromatic nitrogens is 1. The van der Waals surface area contributed by atoms with Gasteiger partial charge in [0.05, 0.1) is 33.0 Å². The Morgan fingerprint density at radius 2 is 1.93 bits per heavy atom. The van der Waals surface area contributed by atoms with E-state index < -0.39 is 5.91 Å². The van der Waals surface area contributed by atoms with E-state index in [1.807, 2.05) is 17.6 Å². The summed E-state index contributed by atoms with van der Waals surface area (Å²) in [6.07, 6.45) is 0. The van der Waals surface area contributed by atoms with Gasteiger partial charge < -0.3 is 9.30 Å². The zero-order valence-electron chi connectivity index (χ0n) is 14.7. The maximum atomic E-state index is 12.6. The Kier molecular flexibility index (Phi) is 5.99. The Hall–Kier alpha value is -2.15. The van der Waals surface area contributed by atoms with Gasteiger partial charge >= 0.3 is 5.97 Å². The SMILES string of the molecule is CCOC(=O)c1ccc2c(c1)sc(=NC(=O)c1cc(Cl)ccc1Cl)n2CC. The third kappa shape index (κ3) is 4.08. The molecule has 27 heavy (non-hydrogen) atoms. The van der Waals surface area contributed by atoms with E-state index in [9.17, 15) is 9.59 Å². The van der Waals surface area contributed by atoms with Crippen molar-refractivity contribution in [3.05, 3.63) is 62.4 Å². The number of ether oxygens (including phenoxy) is 1. The highest BCUT2D eigenvalue weighted by molar-refractivity contribution is 7.16. The highest BCUT2D eigenvalue weighted by atomic mass is 35.5. The lowest BCUT2D eigenvalue weighted by molar-refractivity contribution is 0.0526. The summed E-state index contributed by atoms with van der Waals surface area (Å²) in [5.41, 5.74) is 1.60. The van der Waals surface area contributed by atoms with Crippen molar-refractivity contribution in [2.45, 2.75) is 20.4 Å². The molecule has 2 aromatic carbocycles. The standard InChI is InChI=1S/C19H16Cl2N2O3S/c1-3-23-15-8-5-11(18(25)26-4-2)9-16(15)27-19(23)22-17(24)13-10-12(20)6-7-14(13)21/h5-10H,3-4H2,1-2H3. The Balaban J connectivity index is 2.10. The summed E-state index contributed by atoms with van der Waals surface area (Å²) in [6.45, 7) is 4.65. The molecule has 0 N–H and O–H groups in total. The van der Waals surface area contributed by atoms with Crippen LogP contribution in [0, 0.1) is 0 Å². The first kappa shape index (κ1) is 19.6. The molecule has 3 rings (SSSR count). The third-order valence-electron chi connectivity index (χ3n) is 3.87. The molecule has 8 heteroatoms. The number of esters is 1. The molecule has 5 nitrogen and oxygen atoms in total. The van der Waals surface area contributed by atoms with Crippen molar-refractivity contribution in [3.63, 3.8) is 0 Å². The summed E-state index contributed by atoms with van der Waals surface area (Å²) in [5.74, 6) is -0.849. The molecule has 0 saturated heterocycles. The number of rotatable bonds is 4. The summed E-state index contributed by atoms with van der Waals surface area (Å²) < 4.78 is 7.79. The summed E-state index contributed by atoms with van der Waals surface area (Å²) in [4.78, 5) is 29.3. The number of aryl methyl sites for hydroxylation is 1. The van der Waals surface area contributed by atoms with Crippen molar-refractivity contribution < 1.29 is 14.3 Å². The van der Waals surface area contributed by atoms with Crippen LogP contribution in [0.1, 0.15) is 34.6 Å². The van der Waals surface area contributed by atoms with Crippen LogP contribution in [-0.4, -0.2) is 23.1 Å². The van der Waals surface area contributed by atoms with Gasteiger partial charge in [-0.05, 0) is 50.2 Å². The molecule has 0 radical (unpaired) electrons. The van der Waals surface area contributed by atoms with Gasteiger partial charge in [-0.3, -0.25) is 4.79 Å². The quantitative estimate of drug-likeness (QED) is 0.558. The van der Waals surface area contributed by atoms with Crippen LogP contribution >= 0.6 is 34.5 Å². The van der Waals surface area contributed by atoms with E-state index in [-0.39, 0.29) is 11.5 Å². The fourth-order valence-electron chi connectivity index (χ4n) is 2.61. The first-order valence-electron chi connectivity index (χ1n) is 8.29. The van der Waals surface area contributed by atoms with Gasteiger partial charge in [0, 0.05) is 11.6 Å². The van der Waals surface area contributed by atoms with Crippen LogP contribution in [0.5, 0.6) is 0 Å². The minimum atomic E-state index is -0.470. The number of benzene rings is 2. The fourth-order valence-corrected chi connectivity index (χ4v) is 4.12. The summed E-state index contributed by atoms with van der Waals surface area (Å²) in [6, 6.07) is 9.97. The van der Waals surface area contributed by atoms with Crippen molar-refractivity contribution in [2.24, 2.45) is 4.99 Å². The number of carbonyl (C=O) groups excluding carboxylic acids is 2. The summed E-state index contributed by atoms with van der Waals surface area (Å²) in [7, 11) is 0. The van der Waals surface area contributed by atoms with Gasteiger partial charge in [0.1, 0.15) is 0 Å². The molecule has 0 spiro atoms. The van der Waals surface area contributed by atoms with E-state index in [0.29, 0.717) is 33.6 Å². The second-order valence-electron chi connectivity index (χ2n) is 5.57. The first-order valence-corrected chi connectivity index (χ1v) is 9.86. The average molecular weight is 423 g/mol. The summed E-state index contributed by atoms with van der Waals surface area (Å²) >= 11 is 13.4. The molecule has 0 bridgehead atoms. The van der Waals surface area contributed by atoms with Gasteiger partial charge in [-0.2, -0.15) is 4.99 Å². The van der Waals surface area contributed by atoms with Crippen molar-refractivity contribution in [1.29, 1.82) is 0 Å². The van der Waals surface area contributed by atoms with E-state index in [1.54, 1.807) is 31.2 Å². The number of carbonyl (C=O) groups is 2. The number of halogens is 2. The number of nitrogens with zero attached hydrogens (tertiary/aromatic N) is 2. The predicted octanol–water partition coefficient (Wildman–Crippen LogP) is 4.95. The second kappa shape index (κ2) is 8.25. The Bertz CT molecular complexity index is 1100. The molecule has 0 aliphatic rings. The van der Waals surface area contributed by atoms with Crippen LogP contribution in [0.25, 0.3) is 10.2 Å². The lowest BCUT2D eigenvalue weighted by Gasteiger charge is -2.03. The van der Waals surface area contributed by atoms with Crippen molar-refractivity contribution in [3.8, 4) is 0 Å². The minimum absolute atomic E-state index is 0.247. The van der Waals surface area contributed by atoms with E-state index in [0.717, 1.165) is 10.2 Å². The molecule has 1 heterocycles. The zero-order valence-corrected chi connectivity index (χ0v) is 17.0. The number of fused-ring (bicyclic) bond motifs is 1. The van der Waals surface area contributed by atoms with Crippen LogP contribution in [0.4, 0.5) is 0 Å². The molecule has 0 unspecified atom stereocenters. The van der Waals surface area contributed by atoms with Crippen molar-refractivity contribution in [1.82, 2.24) is 4.57 Å². The molecular formula is C19H16Cl2N2O3S. The van der Waals surface area contributed by atoms with E-state index in [4.69, 9.17) is 27.9 Å². The fraction of sp³-hybridized carbons (Fsp3) is 0.211. The molecule has 3 aromatic rings. The lowest BCUT2D eigenvalue weighted by atomic mass is 10.2. The van der Waals surface area contributed by atoms with Crippen LogP contribution in [0.2, 0.25) is 10.0 Å². The topological polar surface area (TPSA) is 60.7 Å². The highest BCUT2D eigenvalue weighted by Gasteiger charge is 2.14. The van der Waals surface area contributed by atoms with Crippen LogP contribution in [0.3, 0.4) is 0 Å². The minimum Gasteiger partial charge on any atom is -0.462 e. The molecule has 1 aromatic heterocycles. The van der Waals surface area contributed by atoms with Crippen molar-refractivity contribution >= 4 is 56.6 Å². The Labute approximate surface area is 169 Å². The third-order valence-corrected chi connectivity index (χ3v) is 5.47. The molecule has 0 fully saturated rings. The van der Waals surface area contributed by atoms with Gasteiger partial charge in [-0.15, -0.1) is 0 Å². The maximum Gasteiger partial charge on any atom is 0.338 e. The predicted molar refractivity (Wildman–Crippen MR) is 108 cm³/mol. The highest BCUT2D eigenvalue weighted by Crippen LogP contribution is 2.23. The molecule has 0 aliphatic carbocycles. The van der Waals surface area contributed by atoms with E-state index in [1.165, 1.54) is 17.4 Å². The van der Waals surface area contributed by atoms with Gasteiger partial charge in [0.15, 0.2) is 4.80 Å². The van der Waals surface area contributed by atoms with Gasteiger partial charge in [-0.1, -0.05) is 34.5 Å². The summed E-state index contributed by atoms with van der Waals surface area (Å²) in [5, 5.41) is 0.707. The molecule has 140 valence electrons. The van der Waals surface area contributed by atoms with E-state index >= 15 is 0 Å². The number of amides is 1. The number of thiazole rings is 1. The van der Waals surface area contributed by atoms with Gasteiger partial charge in [0.2, 0.25) is 0 Å². The Morgan fingerprint density at radius 1 is 1.15 bits per heavy atom. The normalized spacial score (nSPS) is 11.8.